The molecule has 1 amide bonds. The number of carbonyl (C=O) groups is 1. The Hall–Kier alpha value is -2.12. The van der Waals surface area contributed by atoms with E-state index in [0.29, 0.717) is 5.16 Å². The van der Waals surface area contributed by atoms with Crippen LogP contribution < -0.4 is 5.32 Å². The Kier molecular flexibility index (Phi) is 6.34. The second kappa shape index (κ2) is 8.71. The third-order valence-electron chi connectivity index (χ3n) is 4.37. The summed E-state index contributed by atoms with van der Waals surface area (Å²) in [5, 5.41) is 11.9. The number of nitrogens with one attached hydrogen (secondary N) is 1. The Morgan fingerprint density at radius 1 is 1.22 bits per heavy atom. The molecule has 0 saturated heterocycles. The van der Waals surface area contributed by atoms with Crippen LogP contribution in [0.5, 0.6) is 0 Å². The van der Waals surface area contributed by atoms with Gasteiger partial charge in [-0.05, 0) is 55.7 Å². The molecule has 0 spiro atoms. The number of halogens is 1. The van der Waals surface area contributed by atoms with Gasteiger partial charge in [-0.2, -0.15) is 0 Å². The molecular weight excluding hydrogens is 424 g/mol. The summed E-state index contributed by atoms with van der Waals surface area (Å²) in [7, 11) is 0. The van der Waals surface area contributed by atoms with Crippen LogP contribution in [0, 0.1) is 13.8 Å². The molecule has 0 aliphatic heterocycles. The fourth-order valence-electron chi connectivity index (χ4n) is 2.69. The van der Waals surface area contributed by atoms with E-state index in [1.807, 2.05) is 41.8 Å². The van der Waals surface area contributed by atoms with Gasteiger partial charge in [0.25, 0.3) is 0 Å². The van der Waals surface area contributed by atoms with Gasteiger partial charge < -0.3 is 5.32 Å². The molecule has 0 saturated carbocycles. The average Bonchev–Trinajstić information content (AvgIpc) is 3.11. The molecule has 5 nitrogen and oxygen atoms in total. The minimum absolute atomic E-state index is 0.0436. The Bertz CT molecular complexity index is 957. The molecular formula is C20H21BrN4OS. The van der Waals surface area contributed by atoms with Gasteiger partial charge in [-0.3, -0.25) is 9.36 Å². The maximum Gasteiger partial charge on any atom is 0.230 e. The average molecular weight is 445 g/mol. The van der Waals surface area contributed by atoms with Crippen molar-refractivity contribution in [1.82, 2.24) is 20.1 Å². The van der Waals surface area contributed by atoms with E-state index < -0.39 is 0 Å². The molecule has 0 bridgehead atoms. The number of hydrogen-bond donors (Lipinski definition) is 1. The van der Waals surface area contributed by atoms with Crippen LogP contribution in [-0.4, -0.2) is 26.4 Å². The van der Waals surface area contributed by atoms with E-state index in [0.717, 1.165) is 15.7 Å². The minimum Gasteiger partial charge on any atom is -0.349 e. The van der Waals surface area contributed by atoms with Crippen LogP contribution in [0.1, 0.15) is 29.7 Å². The van der Waals surface area contributed by atoms with E-state index >= 15 is 0 Å². The molecule has 0 aliphatic rings. The Morgan fingerprint density at radius 2 is 2.00 bits per heavy atom. The van der Waals surface area contributed by atoms with Crippen molar-refractivity contribution in [3.63, 3.8) is 0 Å². The zero-order valence-corrected chi connectivity index (χ0v) is 17.8. The molecule has 3 rings (SSSR count). The highest BCUT2D eigenvalue weighted by atomic mass is 79.9. The lowest BCUT2D eigenvalue weighted by molar-refractivity contribution is -0.119. The van der Waals surface area contributed by atoms with E-state index in [1.54, 1.807) is 6.33 Å². The molecule has 2 aromatic carbocycles. The normalized spacial score (nSPS) is 12.0. The van der Waals surface area contributed by atoms with Crippen LogP contribution in [0.3, 0.4) is 0 Å². The number of aryl methyl sites for hydroxylation is 2. The van der Waals surface area contributed by atoms with Crippen LogP contribution in [0.4, 0.5) is 0 Å². The second-order valence-electron chi connectivity index (χ2n) is 6.35. The first-order valence-electron chi connectivity index (χ1n) is 8.60. The van der Waals surface area contributed by atoms with Gasteiger partial charge in [0.1, 0.15) is 6.33 Å². The predicted octanol–water partition coefficient (Wildman–Crippen LogP) is 4.62. The van der Waals surface area contributed by atoms with Crippen molar-refractivity contribution in [3.8, 4) is 5.69 Å². The minimum atomic E-state index is -0.0775. The van der Waals surface area contributed by atoms with Crippen molar-refractivity contribution in [3.05, 3.63) is 70.0 Å². The summed E-state index contributed by atoms with van der Waals surface area (Å²) in [6.07, 6.45) is 1.67. The highest BCUT2D eigenvalue weighted by molar-refractivity contribution is 9.10. The van der Waals surface area contributed by atoms with E-state index in [2.05, 4.69) is 57.4 Å². The van der Waals surface area contributed by atoms with Gasteiger partial charge in [0.2, 0.25) is 5.91 Å². The monoisotopic (exact) mass is 444 g/mol. The molecule has 1 heterocycles. The van der Waals surface area contributed by atoms with Crippen molar-refractivity contribution in [2.75, 3.05) is 5.75 Å². The molecule has 1 aromatic heterocycles. The zero-order chi connectivity index (χ0) is 19.4. The number of aromatic nitrogens is 3. The van der Waals surface area contributed by atoms with Crippen LogP contribution in [0.25, 0.3) is 5.69 Å². The Morgan fingerprint density at radius 3 is 2.74 bits per heavy atom. The summed E-state index contributed by atoms with van der Waals surface area (Å²) in [4.78, 5) is 12.4. The van der Waals surface area contributed by atoms with E-state index in [-0.39, 0.29) is 17.7 Å². The molecule has 1 N–H and O–H groups in total. The fraction of sp³-hybridized carbons (Fsp3) is 0.250. The molecule has 1 unspecified atom stereocenters. The summed E-state index contributed by atoms with van der Waals surface area (Å²) >= 11 is 4.90. The van der Waals surface area contributed by atoms with Gasteiger partial charge in [-0.1, -0.05) is 52.0 Å². The van der Waals surface area contributed by atoms with Gasteiger partial charge in [-0.25, -0.2) is 0 Å². The number of carbonyl (C=O) groups excluding carboxylic acids is 1. The van der Waals surface area contributed by atoms with Crippen LogP contribution in [0.2, 0.25) is 0 Å². The number of benzene rings is 2. The molecule has 1 atom stereocenters. The Labute approximate surface area is 171 Å². The van der Waals surface area contributed by atoms with Gasteiger partial charge in [0.05, 0.1) is 11.8 Å². The number of amides is 1. The molecule has 27 heavy (non-hydrogen) atoms. The lowest BCUT2D eigenvalue weighted by Gasteiger charge is -2.15. The number of thioether (sulfide) groups is 1. The maximum atomic E-state index is 12.4. The predicted molar refractivity (Wildman–Crippen MR) is 112 cm³/mol. The molecule has 0 aliphatic carbocycles. The first-order chi connectivity index (χ1) is 13.0. The van der Waals surface area contributed by atoms with Gasteiger partial charge in [0.15, 0.2) is 5.16 Å². The fourth-order valence-corrected chi connectivity index (χ4v) is 4.06. The summed E-state index contributed by atoms with van der Waals surface area (Å²) in [5.74, 6) is 0.232. The first kappa shape index (κ1) is 19.6. The summed E-state index contributed by atoms with van der Waals surface area (Å²) in [5.41, 5.74) is 4.49. The summed E-state index contributed by atoms with van der Waals surface area (Å²) in [6.45, 7) is 6.13. The second-order valence-corrected chi connectivity index (χ2v) is 8.15. The quantitative estimate of drug-likeness (QED) is 0.563. The third-order valence-corrected chi connectivity index (χ3v) is 6.03. The van der Waals surface area contributed by atoms with Gasteiger partial charge >= 0.3 is 0 Å². The molecule has 0 radical (unpaired) electrons. The zero-order valence-electron chi connectivity index (χ0n) is 15.4. The largest absolute Gasteiger partial charge is 0.349 e. The smallest absolute Gasteiger partial charge is 0.230 e. The molecule has 7 heteroatoms. The van der Waals surface area contributed by atoms with Gasteiger partial charge in [0, 0.05) is 10.2 Å². The summed E-state index contributed by atoms with van der Waals surface area (Å²) in [6, 6.07) is 14.0. The standard InChI is InChI=1S/C20H21BrN4OS/c1-13-8-9-16(10-14(13)2)25-12-22-24-20(25)27-11-19(26)23-15(3)17-6-4-5-7-18(17)21/h4-10,12,15H,11H2,1-3H3,(H,23,26). The SMILES string of the molecule is Cc1ccc(-n2cnnc2SCC(=O)NC(C)c2ccccc2Br)cc1C. The van der Waals surface area contributed by atoms with Crippen molar-refractivity contribution in [1.29, 1.82) is 0 Å². The van der Waals surface area contributed by atoms with Gasteiger partial charge in [-0.15, -0.1) is 10.2 Å². The van der Waals surface area contributed by atoms with Crippen molar-refractivity contribution in [2.45, 2.75) is 32.0 Å². The molecule has 0 fully saturated rings. The van der Waals surface area contributed by atoms with Crippen LogP contribution in [-0.2, 0) is 4.79 Å². The molecule has 140 valence electrons. The third kappa shape index (κ3) is 4.78. The summed E-state index contributed by atoms with van der Waals surface area (Å²) < 4.78 is 2.89. The lowest BCUT2D eigenvalue weighted by Crippen LogP contribution is -2.28. The highest BCUT2D eigenvalue weighted by Crippen LogP contribution is 2.24. The maximum absolute atomic E-state index is 12.4. The highest BCUT2D eigenvalue weighted by Gasteiger charge is 2.14. The molecule has 3 aromatic rings. The van der Waals surface area contributed by atoms with E-state index in [4.69, 9.17) is 0 Å². The van der Waals surface area contributed by atoms with Crippen molar-refractivity contribution in [2.24, 2.45) is 0 Å². The van der Waals surface area contributed by atoms with E-state index in [9.17, 15) is 4.79 Å². The topological polar surface area (TPSA) is 59.8 Å². The van der Waals surface area contributed by atoms with Crippen molar-refractivity contribution < 1.29 is 4.79 Å². The van der Waals surface area contributed by atoms with Crippen molar-refractivity contribution >= 4 is 33.6 Å². The van der Waals surface area contributed by atoms with Crippen LogP contribution >= 0.6 is 27.7 Å². The first-order valence-corrected chi connectivity index (χ1v) is 10.4. The van der Waals surface area contributed by atoms with E-state index in [1.165, 1.54) is 22.9 Å². The number of nitrogens with zero attached hydrogens (tertiary/aromatic N) is 3. The Balaban J connectivity index is 1.64. The van der Waals surface area contributed by atoms with Crippen LogP contribution in [0.15, 0.2) is 58.4 Å². The number of hydrogen-bond acceptors (Lipinski definition) is 4. The lowest BCUT2D eigenvalue weighted by atomic mass is 10.1. The number of rotatable bonds is 6.